The van der Waals surface area contributed by atoms with Crippen molar-refractivity contribution in [3.8, 4) is 0 Å². The van der Waals surface area contributed by atoms with Gasteiger partial charge in [-0.3, -0.25) is 4.79 Å². The van der Waals surface area contributed by atoms with E-state index in [2.05, 4.69) is 10.3 Å². The Morgan fingerprint density at radius 2 is 2.04 bits per heavy atom. The van der Waals surface area contributed by atoms with Gasteiger partial charge in [-0.2, -0.15) is 13.2 Å². The van der Waals surface area contributed by atoms with Crippen molar-refractivity contribution >= 4 is 29.0 Å². The highest BCUT2D eigenvalue weighted by molar-refractivity contribution is 7.99. The molecule has 0 bridgehead atoms. The van der Waals surface area contributed by atoms with E-state index in [-0.39, 0.29) is 17.3 Å². The number of aryl methyl sites for hydroxylation is 1. The van der Waals surface area contributed by atoms with Crippen LogP contribution in [0.2, 0.25) is 0 Å². The maximum Gasteiger partial charge on any atom is 0.416 e. The van der Waals surface area contributed by atoms with E-state index in [1.165, 1.54) is 17.8 Å². The van der Waals surface area contributed by atoms with Crippen LogP contribution in [-0.4, -0.2) is 34.3 Å². The molecule has 9 heteroatoms. The molecule has 0 spiro atoms. The number of anilines is 2. The molecule has 0 atom stereocenters. The van der Waals surface area contributed by atoms with Gasteiger partial charge >= 0.3 is 6.18 Å². The zero-order valence-corrected chi connectivity index (χ0v) is 15.0. The fraction of sp³-hybridized carbons (Fsp3) is 0.412. The van der Waals surface area contributed by atoms with Crippen LogP contribution in [0, 0.1) is 0 Å². The summed E-state index contributed by atoms with van der Waals surface area (Å²) in [5.74, 6) is -0.293. The zero-order valence-electron chi connectivity index (χ0n) is 14.2. The van der Waals surface area contributed by atoms with E-state index in [0.29, 0.717) is 10.8 Å². The number of alkyl halides is 3. The van der Waals surface area contributed by atoms with Crippen LogP contribution in [0.25, 0.3) is 0 Å². The molecule has 1 N–H and O–H groups in total. The molecule has 3 rings (SSSR count). The van der Waals surface area contributed by atoms with Gasteiger partial charge in [0.15, 0.2) is 5.16 Å². The molecule has 1 aliphatic rings. The second-order valence-corrected chi connectivity index (χ2v) is 7.02. The van der Waals surface area contributed by atoms with Crippen molar-refractivity contribution in [3.63, 3.8) is 0 Å². The number of benzene rings is 1. The molecule has 1 saturated heterocycles. The first kappa shape index (κ1) is 18.6. The van der Waals surface area contributed by atoms with Crippen molar-refractivity contribution in [2.75, 3.05) is 29.1 Å². The minimum atomic E-state index is -4.45. The van der Waals surface area contributed by atoms with E-state index in [9.17, 15) is 18.0 Å². The summed E-state index contributed by atoms with van der Waals surface area (Å²) in [5, 5.41) is 3.31. The molecule has 1 amide bonds. The summed E-state index contributed by atoms with van der Waals surface area (Å²) in [7, 11) is 1.81. The second-order valence-electron chi connectivity index (χ2n) is 6.08. The number of carbonyl (C=O) groups is 1. The number of amides is 1. The van der Waals surface area contributed by atoms with Gasteiger partial charge in [0, 0.05) is 32.5 Å². The van der Waals surface area contributed by atoms with E-state index >= 15 is 0 Å². The third-order valence-electron chi connectivity index (χ3n) is 4.15. The molecule has 2 aromatic rings. The number of nitrogens with zero attached hydrogens (tertiary/aromatic N) is 3. The number of nitrogens with one attached hydrogen (secondary N) is 1. The van der Waals surface area contributed by atoms with E-state index < -0.39 is 11.7 Å². The first-order chi connectivity index (χ1) is 12.3. The summed E-state index contributed by atoms with van der Waals surface area (Å²) in [6.45, 7) is 1.55. The van der Waals surface area contributed by atoms with Gasteiger partial charge < -0.3 is 14.8 Å². The van der Waals surface area contributed by atoms with Gasteiger partial charge in [0.1, 0.15) is 0 Å². The van der Waals surface area contributed by atoms with Crippen molar-refractivity contribution in [1.29, 1.82) is 0 Å². The molecule has 0 saturated carbocycles. The van der Waals surface area contributed by atoms with Gasteiger partial charge in [-0.25, -0.2) is 4.98 Å². The van der Waals surface area contributed by atoms with Gasteiger partial charge in [-0.15, -0.1) is 0 Å². The quantitative estimate of drug-likeness (QED) is 0.798. The summed E-state index contributed by atoms with van der Waals surface area (Å²) in [6, 6.07) is 3.51. The van der Waals surface area contributed by atoms with Crippen molar-refractivity contribution in [2.45, 2.75) is 24.2 Å². The summed E-state index contributed by atoms with van der Waals surface area (Å²) in [4.78, 5) is 18.4. The maximum absolute atomic E-state index is 13.1. The lowest BCUT2D eigenvalue weighted by Crippen LogP contribution is -2.22. The molecular formula is C17H19F3N4OS. The normalized spacial score (nSPS) is 14.7. The summed E-state index contributed by atoms with van der Waals surface area (Å²) in [6.07, 6.45) is 0.911. The van der Waals surface area contributed by atoms with Gasteiger partial charge in [-0.05, 0) is 31.0 Å². The van der Waals surface area contributed by atoms with Crippen molar-refractivity contribution in [1.82, 2.24) is 9.55 Å². The lowest BCUT2D eigenvalue weighted by atomic mass is 10.1. The van der Waals surface area contributed by atoms with Crippen molar-refractivity contribution < 1.29 is 18.0 Å². The van der Waals surface area contributed by atoms with Crippen LogP contribution in [0.4, 0.5) is 24.5 Å². The van der Waals surface area contributed by atoms with E-state index in [0.717, 1.165) is 38.1 Å². The molecule has 2 heterocycles. The standard InChI is InChI=1S/C17H19F3N4OS/c1-23-9-6-21-16(23)26-11-15(25)22-13-10-12(17(18,19)20)4-5-14(13)24-7-2-3-8-24/h4-6,9-10H,2-3,7-8,11H2,1H3,(H,22,25). The minimum absolute atomic E-state index is 0.0700. The molecule has 1 aromatic carbocycles. The number of imidazole rings is 1. The van der Waals surface area contributed by atoms with Gasteiger partial charge in [0.25, 0.3) is 0 Å². The number of hydrogen-bond acceptors (Lipinski definition) is 4. The van der Waals surface area contributed by atoms with Gasteiger partial charge in [-0.1, -0.05) is 11.8 Å². The molecule has 26 heavy (non-hydrogen) atoms. The van der Waals surface area contributed by atoms with Crippen LogP contribution >= 0.6 is 11.8 Å². The van der Waals surface area contributed by atoms with Crippen molar-refractivity contribution in [3.05, 3.63) is 36.2 Å². The molecule has 1 aliphatic heterocycles. The van der Waals surface area contributed by atoms with Crippen LogP contribution in [0.15, 0.2) is 35.7 Å². The maximum atomic E-state index is 13.1. The Balaban J connectivity index is 1.77. The highest BCUT2D eigenvalue weighted by Crippen LogP contribution is 2.36. The zero-order chi connectivity index (χ0) is 18.7. The SMILES string of the molecule is Cn1ccnc1SCC(=O)Nc1cc(C(F)(F)F)ccc1N1CCCC1. The van der Waals surface area contributed by atoms with E-state index in [1.54, 1.807) is 17.0 Å². The first-order valence-corrected chi connectivity index (χ1v) is 9.19. The number of aromatic nitrogens is 2. The average molecular weight is 384 g/mol. The highest BCUT2D eigenvalue weighted by atomic mass is 32.2. The van der Waals surface area contributed by atoms with Crippen LogP contribution < -0.4 is 10.2 Å². The lowest BCUT2D eigenvalue weighted by molar-refractivity contribution is -0.137. The molecular weight excluding hydrogens is 365 g/mol. The van der Waals surface area contributed by atoms with Crippen LogP contribution in [0.3, 0.4) is 0 Å². The average Bonchev–Trinajstić information content (AvgIpc) is 3.24. The predicted octanol–water partition coefficient (Wildman–Crippen LogP) is 3.77. The number of carbonyl (C=O) groups excluding carboxylic acids is 1. The third kappa shape index (κ3) is 4.32. The summed E-state index contributed by atoms with van der Waals surface area (Å²) < 4.78 is 40.9. The monoisotopic (exact) mass is 384 g/mol. The molecule has 0 radical (unpaired) electrons. The minimum Gasteiger partial charge on any atom is -0.370 e. The number of halogens is 3. The molecule has 140 valence electrons. The molecule has 1 fully saturated rings. The van der Waals surface area contributed by atoms with E-state index in [4.69, 9.17) is 0 Å². The predicted molar refractivity (Wildman–Crippen MR) is 95.5 cm³/mol. The van der Waals surface area contributed by atoms with Gasteiger partial charge in [0.2, 0.25) is 5.91 Å². The largest absolute Gasteiger partial charge is 0.416 e. The lowest BCUT2D eigenvalue weighted by Gasteiger charge is -2.23. The second kappa shape index (κ2) is 7.61. The fourth-order valence-corrected chi connectivity index (χ4v) is 3.59. The Hall–Kier alpha value is -2.16. The highest BCUT2D eigenvalue weighted by Gasteiger charge is 2.32. The van der Waals surface area contributed by atoms with Crippen molar-refractivity contribution in [2.24, 2.45) is 7.05 Å². The first-order valence-electron chi connectivity index (χ1n) is 8.21. The van der Waals surface area contributed by atoms with Crippen LogP contribution in [0.5, 0.6) is 0 Å². The molecule has 0 aliphatic carbocycles. The van der Waals surface area contributed by atoms with Gasteiger partial charge in [0.05, 0.1) is 22.7 Å². The number of thioether (sulfide) groups is 1. The Kier molecular flexibility index (Phi) is 5.45. The summed E-state index contributed by atoms with van der Waals surface area (Å²) >= 11 is 1.23. The number of hydrogen-bond donors (Lipinski definition) is 1. The van der Waals surface area contributed by atoms with E-state index in [1.807, 2.05) is 11.9 Å². The van der Waals surface area contributed by atoms with Crippen LogP contribution in [-0.2, 0) is 18.0 Å². The Morgan fingerprint density at radius 1 is 1.31 bits per heavy atom. The molecule has 1 aromatic heterocycles. The molecule has 5 nitrogen and oxygen atoms in total. The number of rotatable bonds is 5. The fourth-order valence-electron chi connectivity index (χ4n) is 2.85. The Labute approximate surface area is 153 Å². The topological polar surface area (TPSA) is 50.2 Å². The van der Waals surface area contributed by atoms with Crippen LogP contribution in [0.1, 0.15) is 18.4 Å². The Bertz CT molecular complexity index is 785. The third-order valence-corrected chi connectivity index (χ3v) is 5.21. The Morgan fingerprint density at radius 3 is 2.65 bits per heavy atom. The molecule has 0 unspecified atom stereocenters. The summed E-state index contributed by atoms with van der Waals surface area (Å²) in [5.41, 5.74) is 0.0607. The smallest absolute Gasteiger partial charge is 0.370 e.